The molecule has 0 radical (unpaired) electrons. The van der Waals surface area contributed by atoms with Crippen molar-refractivity contribution >= 4 is 6.09 Å². The Morgan fingerprint density at radius 3 is 2.76 bits per heavy atom. The van der Waals surface area contributed by atoms with Gasteiger partial charge in [0.1, 0.15) is 0 Å². The average molecular weight is 248 g/mol. The van der Waals surface area contributed by atoms with Crippen molar-refractivity contribution < 1.29 is 23.1 Å². The topological polar surface area (TPSA) is 62.2 Å². The van der Waals surface area contributed by atoms with Crippen molar-refractivity contribution in [3.8, 4) is 0 Å². The van der Waals surface area contributed by atoms with Gasteiger partial charge in [-0.2, -0.15) is 13.2 Å². The second-order valence-corrected chi connectivity index (χ2v) is 3.43. The average Bonchev–Trinajstić information content (AvgIpc) is 2.23. The number of amides is 1. The molecule has 7 heteroatoms. The predicted molar refractivity (Wildman–Crippen MR) is 53.5 cm³/mol. The quantitative estimate of drug-likeness (QED) is 0.859. The van der Waals surface area contributed by atoms with Crippen molar-refractivity contribution in [2.24, 2.45) is 0 Å². The first-order valence-electron chi connectivity index (χ1n) is 4.84. The first-order valence-corrected chi connectivity index (χ1v) is 4.84. The summed E-state index contributed by atoms with van der Waals surface area (Å²) in [5.74, 6) is 0. The minimum Gasteiger partial charge on any atom is -0.465 e. The van der Waals surface area contributed by atoms with E-state index in [9.17, 15) is 18.0 Å². The molecule has 0 aliphatic heterocycles. The summed E-state index contributed by atoms with van der Waals surface area (Å²) in [6, 6.07) is 3.01. The summed E-state index contributed by atoms with van der Waals surface area (Å²) in [6.07, 6.45) is -5.17. The molecular formula is C10H11F3N2O2. The lowest BCUT2D eigenvalue weighted by atomic mass is 10.1. The molecule has 0 aromatic carbocycles. The number of carboxylic acid groups (broad SMARTS) is 1. The number of pyridine rings is 1. The Morgan fingerprint density at radius 1 is 1.47 bits per heavy atom. The van der Waals surface area contributed by atoms with E-state index in [1.165, 1.54) is 12.3 Å². The molecule has 2 N–H and O–H groups in total. The number of hydrogen-bond acceptors (Lipinski definition) is 2. The SMILES string of the molecule is O=C(O)NCc1ccnc(CCC(F)(F)F)c1. The molecule has 1 aromatic heterocycles. The van der Waals surface area contributed by atoms with Crippen LogP contribution < -0.4 is 5.32 Å². The maximum atomic E-state index is 12.0. The standard InChI is InChI=1S/C10H11F3N2O2/c11-10(12,13)3-1-8-5-7(2-4-14-8)6-15-9(16)17/h2,4-5,15H,1,3,6H2,(H,16,17). The Hall–Kier alpha value is -1.79. The first-order chi connectivity index (χ1) is 7.87. The monoisotopic (exact) mass is 248 g/mol. The second kappa shape index (κ2) is 5.51. The van der Waals surface area contributed by atoms with Gasteiger partial charge in [-0.1, -0.05) is 0 Å². The third-order valence-corrected chi connectivity index (χ3v) is 1.99. The summed E-state index contributed by atoms with van der Waals surface area (Å²) < 4.78 is 35.9. The molecule has 94 valence electrons. The summed E-state index contributed by atoms with van der Waals surface area (Å²) in [6.45, 7) is 0.0525. The molecule has 0 bridgehead atoms. The van der Waals surface area contributed by atoms with E-state index in [4.69, 9.17) is 5.11 Å². The molecule has 1 rings (SSSR count). The highest BCUT2D eigenvalue weighted by Gasteiger charge is 2.26. The third-order valence-electron chi connectivity index (χ3n) is 1.99. The van der Waals surface area contributed by atoms with Crippen molar-refractivity contribution in [1.82, 2.24) is 10.3 Å². The number of rotatable bonds is 4. The van der Waals surface area contributed by atoms with E-state index in [1.807, 2.05) is 0 Å². The highest BCUT2D eigenvalue weighted by molar-refractivity contribution is 5.64. The van der Waals surface area contributed by atoms with E-state index in [0.29, 0.717) is 11.3 Å². The van der Waals surface area contributed by atoms with Gasteiger partial charge >= 0.3 is 12.3 Å². The first kappa shape index (κ1) is 13.3. The van der Waals surface area contributed by atoms with Crippen LogP contribution in [0.15, 0.2) is 18.3 Å². The fraction of sp³-hybridized carbons (Fsp3) is 0.400. The molecule has 0 aliphatic carbocycles. The zero-order chi connectivity index (χ0) is 12.9. The number of aryl methyl sites for hydroxylation is 1. The normalized spacial score (nSPS) is 11.2. The van der Waals surface area contributed by atoms with Crippen LogP contribution >= 0.6 is 0 Å². The van der Waals surface area contributed by atoms with Crippen LogP contribution in [0.1, 0.15) is 17.7 Å². The fourth-order valence-electron chi connectivity index (χ4n) is 1.22. The lowest BCUT2D eigenvalue weighted by Gasteiger charge is -2.07. The maximum absolute atomic E-state index is 12.0. The minimum absolute atomic E-state index is 0.0525. The van der Waals surface area contributed by atoms with Crippen LogP contribution in [-0.2, 0) is 13.0 Å². The van der Waals surface area contributed by atoms with Crippen LogP contribution in [0.2, 0.25) is 0 Å². The van der Waals surface area contributed by atoms with Crippen LogP contribution in [-0.4, -0.2) is 22.4 Å². The summed E-state index contributed by atoms with van der Waals surface area (Å²) in [5.41, 5.74) is 0.881. The van der Waals surface area contributed by atoms with E-state index in [0.717, 1.165) is 0 Å². The Balaban J connectivity index is 2.56. The second-order valence-electron chi connectivity index (χ2n) is 3.43. The Labute approximate surface area is 95.5 Å². The van der Waals surface area contributed by atoms with Crippen molar-refractivity contribution in [3.05, 3.63) is 29.6 Å². The van der Waals surface area contributed by atoms with Gasteiger partial charge in [-0.25, -0.2) is 4.79 Å². The van der Waals surface area contributed by atoms with Crippen molar-refractivity contribution in [2.45, 2.75) is 25.6 Å². The summed E-state index contributed by atoms with van der Waals surface area (Å²) in [5, 5.41) is 10.5. The van der Waals surface area contributed by atoms with E-state index in [-0.39, 0.29) is 13.0 Å². The molecule has 0 fully saturated rings. The van der Waals surface area contributed by atoms with Crippen molar-refractivity contribution in [2.75, 3.05) is 0 Å². The molecule has 0 unspecified atom stereocenters. The number of carbonyl (C=O) groups is 1. The number of alkyl halides is 3. The smallest absolute Gasteiger partial charge is 0.404 e. The summed E-state index contributed by atoms with van der Waals surface area (Å²) in [4.78, 5) is 14.0. The maximum Gasteiger partial charge on any atom is 0.404 e. The largest absolute Gasteiger partial charge is 0.465 e. The number of hydrogen-bond donors (Lipinski definition) is 2. The third kappa shape index (κ3) is 5.74. The van der Waals surface area contributed by atoms with E-state index < -0.39 is 18.7 Å². The Bertz CT molecular complexity index is 393. The molecule has 0 aliphatic rings. The van der Waals surface area contributed by atoms with Crippen molar-refractivity contribution in [1.29, 1.82) is 0 Å². The molecule has 0 saturated carbocycles. The van der Waals surface area contributed by atoms with Gasteiger partial charge < -0.3 is 10.4 Å². The summed E-state index contributed by atoms with van der Waals surface area (Å²) >= 11 is 0. The Morgan fingerprint density at radius 2 is 2.18 bits per heavy atom. The van der Waals surface area contributed by atoms with Crippen molar-refractivity contribution in [3.63, 3.8) is 0 Å². The van der Waals surface area contributed by atoms with Gasteiger partial charge in [0.2, 0.25) is 0 Å². The van der Waals surface area contributed by atoms with E-state index in [2.05, 4.69) is 10.3 Å². The minimum atomic E-state index is -4.21. The molecule has 1 heterocycles. The Kier molecular flexibility index (Phi) is 4.30. The summed E-state index contributed by atoms with van der Waals surface area (Å²) in [7, 11) is 0. The fourth-order valence-corrected chi connectivity index (χ4v) is 1.22. The van der Waals surface area contributed by atoms with Gasteiger partial charge in [0, 0.05) is 24.9 Å². The highest BCUT2D eigenvalue weighted by Crippen LogP contribution is 2.21. The molecule has 1 aromatic rings. The van der Waals surface area contributed by atoms with Gasteiger partial charge in [0.15, 0.2) is 0 Å². The molecule has 1 amide bonds. The molecule has 0 spiro atoms. The highest BCUT2D eigenvalue weighted by atomic mass is 19.4. The lowest BCUT2D eigenvalue weighted by Crippen LogP contribution is -2.20. The van der Waals surface area contributed by atoms with Gasteiger partial charge in [-0.15, -0.1) is 0 Å². The number of halogens is 3. The molecule has 0 atom stereocenters. The van der Waals surface area contributed by atoms with Crippen LogP contribution in [0.3, 0.4) is 0 Å². The van der Waals surface area contributed by atoms with Gasteiger partial charge in [-0.3, -0.25) is 4.98 Å². The van der Waals surface area contributed by atoms with Crippen LogP contribution in [0.5, 0.6) is 0 Å². The zero-order valence-corrected chi connectivity index (χ0v) is 8.79. The number of aromatic nitrogens is 1. The number of nitrogens with one attached hydrogen (secondary N) is 1. The lowest BCUT2D eigenvalue weighted by molar-refractivity contribution is -0.134. The van der Waals surface area contributed by atoms with Gasteiger partial charge in [-0.05, 0) is 24.1 Å². The molecule has 0 saturated heterocycles. The zero-order valence-electron chi connectivity index (χ0n) is 8.79. The van der Waals surface area contributed by atoms with E-state index >= 15 is 0 Å². The molecular weight excluding hydrogens is 237 g/mol. The molecule has 17 heavy (non-hydrogen) atoms. The van der Waals surface area contributed by atoms with E-state index in [1.54, 1.807) is 6.07 Å². The molecule has 4 nitrogen and oxygen atoms in total. The predicted octanol–water partition coefficient (Wildman–Crippen LogP) is 2.34. The number of nitrogens with zero attached hydrogens (tertiary/aromatic N) is 1. The van der Waals surface area contributed by atoms with Crippen LogP contribution in [0.4, 0.5) is 18.0 Å². The van der Waals surface area contributed by atoms with Gasteiger partial charge in [0.25, 0.3) is 0 Å². The van der Waals surface area contributed by atoms with Crippen LogP contribution in [0.25, 0.3) is 0 Å². The van der Waals surface area contributed by atoms with Gasteiger partial charge in [0.05, 0.1) is 0 Å². The van der Waals surface area contributed by atoms with Crippen LogP contribution in [0, 0.1) is 0 Å².